The smallest absolute Gasteiger partial charge is 0.451 e. The van der Waals surface area contributed by atoms with Gasteiger partial charge in [-0.05, 0) is 69.5 Å². The predicted molar refractivity (Wildman–Crippen MR) is 107 cm³/mol. The number of hydrogen-bond acceptors (Lipinski definition) is 5. The van der Waals surface area contributed by atoms with Crippen molar-refractivity contribution in [1.82, 2.24) is 4.90 Å². The predicted octanol–water partition coefficient (Wildman–Crippen LogP) is 1.76. The van der Waals surface area contributed by atoms with Gasteiger partial charge in [0.15, 0.2) is 0 Å². The van der Waals surface area contributed by atoms with Crippen molar-refractivity contribution < 1.29 is 19.9 Å². The highest BCUT2D eigenvalue weighted by Gasteiger charge is 2.42. The van der Waals surface area contributed by atoms with Crippen LogP contribution in [-0.4, -0.2) is 58.3 Å². The molecule has 0 aromatic heterocycles. The van der Waals surface area contributed by atoms with E-state index in [1.54, 1.807) is 0 Å². The average Bonchev–Trinajstić information content (AvgIpc) is 2.66. The number of nitrogens with two attached hydrogens (primary N) is 1. The summed E-state index contributed by atoms with van der Waals surface area (Å²) < 4.78 is 0. The van der Waals surface area contributed by atoms with Crippen LogP contribution < -0.4 is 5.73 Å². The fourth-order valence-corrected chi connectivity index (χ4v) is 4.05. The minimum Gasteiger partial charge on any atom is -0.480 e. The molecule has 1 heterocycles. The molecule has 0 bridgehead atoms. The third-order valence-electron chi connectivity index (χ3n) is 5.80. The van der Waals surface area contributed by atoms with Crippen LogP contribution in [0.1, 0.15) is 44.1 Å². The highest BCUT2D eigenvalue weighted by Crippen LogP contribution is 2.31. The maximum absolute atomic E-state index is 11.8. The van der Waals surface area contributed by atoms with E-state index in [-0.39, 0.29) is 12.2 Å². The van der Waals surface area contributed by atoms with Gasteiger partial charge in [0.25, 0.3) is 0 Å². The Morgan fingerprint density at radius 2 is 1.81 bits per heavy atom. The lowest BCUT2D eigenvalue weighted by atomic mass is 9.74. The maximum Gasteiger partial charge on any atom is 0.451 e. The molecule has 1 aliphatic rings. The molecule has 6 nitrogen and oxygen atoms in total. The summed E-state index contributed by atoms with van der Waals surface area (Å²) in [4.78, 5) is 14.2. The normalized spacial score (nSPS) is 18.2. The summed E-state index contributed by atoms with van der Waals surface area (Å²) in [5.41, 5.74) is 6.45. The number of piperidine rings is 1. The van der Waals surface area contributed by atoms with Crippen molar-refractivity contribution in [1.29, 1.82) is 0 Å². The summed E-state index contributed by atoms with van der Waals surface area (Å²) in [6.45, 7) is 2.81. The Morgan fingerprint density at radius 3 is 2.41 bits per heavy atom. The second-order valence-electron chi connectivity index (χ2n) is 7.78. The summed E-state index contributed by atoms with van der Waals surface area (Å²) in [7, 11) is -1.33. The van der Waals surface area contributed by atoms with E-state index >= 15 is 0 Å². The zero-order valence-electron chi connectivity index (χ0n) is 16.1. The number of hydrogen-bond donors (Lipinski definition) is 4. The molecule has 0 amide bonds. The molecule has 1 aromatic carbocycles. The lowest BCUT2D eigenvalue weighted by Gasteiger charge is -2.40. The van der Waals surface area contributed by atoms with E-state index < -0.39 is 18.6 Å². The Kier molecular flexibility index (Phi) is 8.76. The van der Waals surface area contributed by atoms with Crippen LogP contribution in [0, 0.1) is 5.92 Å². The zero-order chi connectivity index (χ0) is 19.7. The summed E-state index contributed by atoms with van der Waals surface area (Å²) >= 11 is 0. The van der Waals surface area contributed by atoms with E-state index in [0.717, 1.165) is 45.3 Å². The molecule has 27 heavy (non-hydrogen) atoms. The van der Waals surface area contributed by atoms with Crippen LogP contribution in [0.2, 0.25) is 6.32 Å². The van der Waals surface area contributed by atoms with Crippen LogP contribution in [0.4, 0.5) is 0 Å². The van der Waals surface area contributed by atoms with E-state index in [2.05, 4.69) is 29.2 Å². The molecule has 0 spiro atoms. The Labute approximate surface area is 162 Å². The standard InChI is InChI=1S/C20H33BN2O4/c22-20(19(24)25,12-4-5-13-21(26)27)18-10-15-23(16-11-18)14-6-9-17-7-2-1-3-8-17/h1-3,7-8,18,26-27H,4-6,9-16,22H2,(H,24,25). The van der Waals surface area contributed by atoms with Crippen LogP contribution in [0.15, 0.2) is 30.3 Å². The van der Waals surface area contributed by atoms with Gasteiger partial charge in [-0.15, -0.1) is 0 Å². The number of nitrogens with zero attached hydrogens (tertiary/aromatic N) is 1. The Hall–Kier alpha value is -1.41. The zero-order valence-corrected chi connectivity index (χ0v) is 16.1. The van der Waals surface area contributed by atoms with Crippen LogP contribution in [0.3, 0.4) is 0 Å². The molecule has 1 unspecified atom stereocenters. The molecule has 150 valence electrons. The minimum atomic E-state index is -1.33. The van der Waals surface area contributed by atoms with Crippen LogP contribution in [-0.2, 0) is 11.2 Å². The quantitative estimate of drug-likeness (QED) is 0.346. The molecular weight excluding hydrogens is 343 g/mol. The number of carboxylic acids is 1. The van der Waals surface area contributed by atoms with Crippen molar-refractivity contribution in [3.8, 4) is 0 Å². The molecule has 7 heteroatoms. The topological polar surface area (TPSA) is 107 Å². The van der Waals surface area contributed by atoms with E-state index in [1.807, 2.05) is 6.07 Å². The van der Waals surface area contributed by atoms with Crippen molar-refractivity contribution >= 4 is 13.1 Å². The molecular formula is C20H33BN2O4. The molecule has 2 rings (SSSR count). The number of rotatable bonds is 11. The SMILES string of the molecule is NC(CCCCB(O)O)(C(=O)O)C1CCN(CCCc2ccccc2)CC1. The van der Waals surface area contributed by atoms with Crippen LogP contribution in [0.5, 0.6) is 0 Å². The second kappa shape index (κ2) is 10.8. The van der Waals surface area contributed by atoms with Gasteiger partial charge in [-0.2, -0.15) is 0 Å². The van der Waals surface area contributed by atoms with Gasteiger partial charge in [-0.25, -0.2) is 0 Å². The lowest BCUT2D eigenvalue weighted by Crippen LogP contribution is -2.57. The summed E-state index contributed by atoms with van der Waals surface area (Å²) in [5, 5.41) is 27.5. The summed E-state index contributed by atoms with van der Waals surface area (Å²) in [6, 6.07) is 10.5. The molecule has 1 aliphatic heterocycles. The average molecular weight is 376 g/mol. The number of aryl methyl sites for hydroxylation is 1. The Morgan fingerprint density at radius 1 is 1.15 bits per heavy atom. The van der Waals surface area contributed by atoms with Gasteiger partial charge < -0.3 is 25.8 Å². The third-order valence-corrected chi connectivity index (χ3v) is 5.80. The van der Waals surface area contributed by atoms with E-state index in [4.69, 9.17) is 15.8 Å². The van der Waals surface area contributed by atoms with Crippen molar-refractivity contribution in [3.05, 3.63) is 35.9 Å². The molecule has 0 saturated carbocycles. The Balaban J connectivity index is 1.74. The van der Waals surface area contributed by atoms with Crippen molar-refractivity contribution in [2.45, 2.75) is 56.8 Å². The van der Waals surface area contributed by atoms with Crippen molar-refractivity contribution in [2.24, 2.45) is 11.7 Å². The molecule has 1 aromatic rings. The first kappa shape index (κ1) is 21.9. The van der Waals surface area contributed by atoms with Gasteiger partial charge in [0.05, 0.1) is 0 Å². The highest BCUT2D eigenvalue weighted by molar-refractivity contribution is 6.40. The lowest BCUT2D eigenvalue weighted by molar-refractivity contribution is -0.147. The first-order valence-electron chi connectivity index (χ1n) is 10.1. The van der Waals surface area contributed by atoms with Crippen molar-refractivity contribution in [3.63, 3.8) is 0 Å². The fraction of sp³-hybridized carbons (Fsp3) is 0.650. The van der Waals surface area contributed by atoms with Gasteiger partial charge >= 0.3 is 13.1 Å². The van der Waals surface area contributed by atoms with E-state index in [9.17, 15) is 9.90 Å². The highest BCUT2D eigenvalue weighted by atomic mass is 16.4. The molecule has 1 atom stereocenters. The minimum absolute atomic E-state index is 0.0283. The molecule has 1 saturated heterocycles. The second-order valence-corrected chi connectivity index (χ2v) is 7.78. The number of likely N-dealkylation sites (tertiary alicyclic amines) is 1. The van der Waals surface area contributed by atoms with Gasteiger partial charge in [0.1, 0.15) is 5.54 Å². The number of unbranched alkanes of at least 4 members (excludes halogenated alkanes) is 1. The molecule has 5 N–H and O–H groups in total. The van der Waals surface area contributed by atoms with E-state index in [1.165, 1.54) is 5.56 Å². The van der Waals surface area contributed by atoms with Crippen LogP contribution >= 0.6 is 0 Å². The largest absolute Gasteiger partial charge is 0.480 e. The van der Waals surface area contributed by atoms with Crippen molar-refractivity contribution in [2.75, 3.05) is 19.6 Å². The van der Waals surface area contributed by atoms with Gasteiger partial charge in [0, 0.05) is 0 Å². The Bertz CT molecular complexity index is 564. The number of aliphatic carboxylic acids is 1. The number of benzene rings is 1. The third kappa shape index (κ3) is 6.92. The van der Waals surface area contributed by atoms with Crippen LogP contribution in [0.25, 0.3) is 0 Å². The number of carbonyl (C=O) groups is 1. The first-order chi connectivity index (χ1) is 12.9. The van der Waals surface area contributed by atoms with Gasteiger partial charge in [-0.3, -0.25) is 4.79 Å². The molecule has 0 radical (unpaired) electrons. The summed E-state index contributed by atoms with van der Waals surface area (Å²) in [5.74, 6) is -0.964. The molecule has 0 aliphatic carbocycles. The molecule has 1 fully saturated rings. The summed E-state index contributed by atoms with van der Waals surface area (Å²) in [6.07, 6.45) is 5.58. The first-order valence-corrected chi connectivity index (χ1v) is 10.1. The van der Waals surface area contributed by atoms with Gasteiger partial charge in [-0.1, -0.05) is 43.2 Å². The fourth-order valence-electron chi connectivity index (χ4n) is 4.05. The monoisotopic (exact) mass is 376 g/mol. The number of carboxylic acid groups (broad SMARTS) is 1. The van der Waals surface area contributed by atoms with Gasteiger partial charge in [0.2, 0.25) is 0 Å². The van der Waals surface area contributed by atoms with E-state index in [0.29, 0.717) is 19.3 Å². The maximum atomic E-state index is 11.8.